The maximum Gasteiger partial charge on any atom is 0.459 e. The third-order valence-electron chi connectivity index (χ3n) is 2.89. The van der Waals surface area contributed by atoms with Gasteiger partial charge in [0.15, 0.2) is 10.8 Å². The number of carboxylic acids is 1. The number of amides is 1. The summed E-state index contributed by atoms with van der Waals surface area (Å²) < 4.78 is 69.0. The molecule has 2 aromatic rings. The molecule has 0 radical (unpaired) electrons. The summed E-state index contributed by atoms with van der Waals surface area (Å²) in [4.78, 5) is 23.8. The van der Waals surface area contributed by atoms with Gasteiger partial charge in [0.2, 0.25) is 0 Å². The number of halogens is 5. The number of hydrogen-bond acceptors (Lipinski definition) is 5. The molecule has 0 saturated heterocycles. The van der Waals surface area contributed by atoms with Crippen LogP contribution in [0.5, 0.6) is 0 Å². The smallest absolute Gasteiger partial charge is 0.459 e. The van der Waals surface area contributed by atoms with Crippen LogP contribution in [0.4, 0.5) is 31.9 Å². The van der Waals surface area contributed by atoms with Gasteiger partial charge in [-0.15, -0.1) is 0 Å². The first-order valence-electron chi connectivity index (χ1n) is 6.69. The molecular formula is C14H9F5N2O4S. The van der Waals surface area contributed by atoms with Crippen molar-refractivity contribution in [2.45, 2.75) is 18.7 Å². The van der Waals surface area contributed by atoms with Gasteiger partial charge in [0.1, 0.15) is 11.5 Å². The molecule has 6 nitrogen and oxygen atoms in total. The number of thiazole rings is 1. The average molecular weight is 396 g/mol. The van der Waals surface area contributed by atoms with Gasteiger partial charge in [-0.25, -0.2) is 14.6 Å². The van der Waals surface area contributed by atoms with Crippen molar-refractivity contribution in [3.8, 4) is 0 Å². The number of anilines is 1. The number of carbonyl (C=O) groups excluding carboxylic acids is 1. The summed E-state index contributed by atoms with van der Waals surface area (Å²) in [6.45, 7) is -0.199. The van der Waals surface area contributed by atoms with E-state index in [1.54, 1.807) is 30.3 Å². The number of benzene rings is 1. The Kier molecular flexibility index (Phi) is 5.44. The molecule has 2 rings (SSSR count). The second-order valence-electron chi connectivity index (χ2n) is 4.76. The molecule has 0 aliphatic heterocycles. The van der Waals surface area contributed by atoms with E-state index in [0.717, 1.165) is 0 Å². The monoisotopic (exact) mass is 396 g/mol. The van der Waals surface area contributed by atoms with Crippen LogP contribution in [0.3, 0.4) is 0 Å². The van der Waals surface area contributed by atoms with Crippen LogP contribution in [0.15, 0.2) is 30.3 Å². The van der Waals surface area contributed by atoms with E-state index < -0.39 is 39.9 Å². The van der Waals surface area contributed by atoms with Gasteiger partial charge in [0, 0.05) is 0 Å². The quantitative estimate of drug-likeness (QED) is 0.738. The van der Waals surface area contributed by atoms with Crippen LogP contribution in [0.1, 0.15) is 20.9 Å². The Morgan fingerprint density at radius 2 is 1.77 bits per heavy atom. The molecular weight excluding hydrogens is 387 g/mol. The summed E-state index contributed by atoms with van der Waals surface area (Å²) in [5.41, 5.74) is -0.909. The van der Waals surface area contributed by atoms with Crippen LogP contribution in [-0.4, -0.2) is 28.3 Å². The van der Waals surface area contributed by atoms with Crippen molar-refractivity contribution in [3.63, 3.8) is 0 Å². The summed E-state index contributed by atoms with van der Waals surface area (Å²) in [5.74, 6) is -7.53. The molecule has 0 atom stereocenters. The highest BCUT2D eigenvalue weighted by Crippen LogP contribution is 2.48. The molecule has 2 N–H and O–H groups in total. The molecule has 0 bridgehead atoms. The maximum atomic E-state index is 13.4. The molecule has 0 aliphatic carbocycles. The highest BCUT2D eigenvalue weighted by Gasteiger charge is 2.61. The molecule has 1 heterocycles. The van der Waals surface area contributed by atoms with Gasteiger partial charge in [0.05, 0.1) is 0 Å². The first-order chi connectivity index (χ1) is 12.0. The summed E-state index contributed by atoms with van der Waals surface area (Å²) in [6.07, 6.45) is -7.21. The number of aromatic nitrogens is 1. The first kappa shape index (κ1) is 19.6. The van der Waals surface area contributed by atoms with Gasteiger partial charge in [-0.1, -0.05) is 41.7 Å². The number of carbonyl (C=O) groups is 2. The van der Waals surface area contributed by atoms with Crippen molar-refractivity contribution in [2.75, 3.05) is 5.32 Å². The van der Waals surface area contributed by atoms with Crippen LogP contribution in [0, 0.1) is 0 Å². The van der Waals surface area contributed by atoms with Crippen molar-refractivity contribution >= 4 is 28.5 Å². The lowest BCUT2D eigenvalue weighted by atomic mass is 10.2. The Bertz CT molecular complexity index is 807. The van der Waals surface area contributed by atoms with E-state index in [0.29, 0.717) is 5.56 Å². The number of nitrogens with zero attached hydrogens (tertiary/aromatic N) is 1. The Morgan fingerprint density at radius 1 is 1.15 bits per heavy atom. The highest BCUT2D eigenvalue weighted by atomic mass is 32.1. The van der Waals surface area contributed by atoms with Gasteiger partial charge < -0.3 is 9.84 Å². The Balaban J connectivity index is 2.16. The SMILES string of the molecule is O=C(Nc1nc(C(=O)O)c(C(F)(F)C(F)(F)F)s1)OCc1ccccc1. The molecule has 0 saturated carbocycles. The summed E-state index contributed by atoms with van der Waals surface area (Å²) in [6, 6.07) is 8.31. The molecule has 0 aliphatic rings. The van der Waals surface area contributed by atoms with E-state index in [1.807, 2.05) is 5.32 Å². The summed E-state index contributed by atoms with van der Waals surface area (Å²) >= 11 is -0.302. The lowest BCUT2D eigenvalue weighted by Crippen LogP contribution is -2.34. The fourth-order valence-corrected chi connectivity index (χ4v) is 2.64. The first-order valence-corrected chi connectivity index (χ1v) is 7.51. The lowest BCUT2D eigenvalue weighted by molar-refractivity contribution is -0.288. The number of alkyl halides is 5. The minimum Gasteiger partial charge on any atom is -0.476 e. The number of rotatable bonds is 5. The van der Waals surface area contributed by atoms with Crippen molar-refractivity contribution in [2.24, 2.45) is 0 Å². The Labute approximate surface area is 146 Å². The molecule has 140 valence electrons. The van der Waals surface area contributed by atoms with E-state index in [4.69, 9.17) is 9.84 Å². The van der Waals surface area contributed by atoms with Gasteiger partial charge in [-0.2, -0.15) is 22.0 Å². The number of aromatic carboxylic acids is 1. The predicted molar refractivity (Wildman–Crippen MR) is 79.3 cm³/mol. The van der Waals surface area contributed by atoms with Crippen molar-refractivity contribution in [1.82, 2.24) is 4.98 Å². The zero-order valence-electron chi connectivity index (χ0n) is 12.5. The normalized spacial score (nSPS) is 11.9. The third-order valence-corrected chi connectivity index (χ3v) is 3.93. The van der Waals surface area contributed by atoms with Gasteiger partial charge >= 0.3 is 24.2 Å². The molecule has 1 aromatic carbocycles. The predicted octanol–water partition coefficient (Wildman–Crippen LogP) is 4.24. The third kappa shape index (κ3) is 4.25. The van der Waals surface area contributed by atoms with E-state index >= 15 is 0 Å². The standard InChI is InChI=1S/C14H9F5N2O4S/c15-13(16,14(17,18)19)9-8(10(22)23)20-11(26-9)21-12(24)25-6-7-4-2-1-3-5-7/h1-5H,6H2,(H,22,23)(H,20,21,24). The van der Waals surface area contributed by atoms with Gasteiger partial charge in [-0.3, -0.25) is 5.32 Å². The second kappa shape index (κ2) is 7.23. The fraction of sp³-hybridized carbons (Fsp3) is 0.214. The van der Waals surface area contributed by atoms with Crippen LogP contribution in [0.25, 0.3) is 0 Å². The van der Waals surface area contributed by atoms with Crippen LogP contribution in [-0.2, 0) is 17.3 Å². The van der Waals surface area contributed by atoms with Crippen molar-refractivity contribution < 1.29 is 41.4 Å². The maximum absolute atomic E-state index is 13.4. The van der Waals surface area contributed by atoms with E-state index in [2.05, 4.69) is 4.98 Å². The fourth-order valence-electron chi connectivity index (χ4n) is 1.71. The number of nitrogens with one attached hydrogen (secondary N) is 1. The minimum atomic E-state index is -6.02. The van der Waals surface area contributed by atoms with Gasteiger partial charge in [0.25, 0.3) is 0 Å². The number of hydrogen-bond donors (Lipinski definition) is 2. The molecule has 12 heteroatoms. The van der Waals surface area contributed by atoms with Crippen LogP contribution >= 0.6 is 11.3 Å². The average Bonchev–Trinajstić information content (AvgIpc) is 2.97. The second-order valence-corrected chi connectivity index (χ2v) is 5.76. The van der Waals surface area contributed by atoms with Gasteiger partial charge in [-0.05, 0) is 5.56 Å². The topological polar surface area (TPSA) is 88.5 Å². The summed E-state index contributed by atoms with van der Waals surface area (Å²) in [5, 5.41) is 9.86. The molecule has 1 amide bonds. The minimum absolute atomic E-state index is 0.199. The van der Waals surface area contributed by atoms with E-state index in [9.17, 15) is 31.5 Å². The molecule has 0 fully saturated rings. The number of carboxylic acid groups (broad SMARTS) is 1. The van der Waals surface area contributed by atoms with E-state index in [-0.39, 0.29) is 17.9 Å². The molecule has 0 spiro atoms. The van der Waals surface area contributed by atoms with Crippen molar-refractivity contribution in [1.29, 1.82) is 0 Å². The van der Waals surface area contributed by atoms with Crippen LogP contribution in [0.2, 0.25) is 0 Å². The molecule has 26 heavy (non-hydrogen) atoms. The Morgan fingerprint density at radius 3 is 2.31 bits per heavy atom. The lowest BCUT2D eigenvalue weighted by Gasteiger charge is -2.18. The number of ether oxygens (including phenoxy) is 1. The largest absolute Gasteiger partial charge is 0.476 e. The molecule has 0 unspecified atom stereocenters. The summed E-state index contributed by atoms with van der Waals surface area (Å²) in [7, 11) is 0. The Hall–Kier alpha value is -2.76. The molecule has 1 aromatic heterocycles. The zero-order valence-corrected chi connectivity index (χ0v) is 13.3. The van der Waals surface area contributed by atoms with Crippen LogP contribution < -0.4 is 5.32 Å². The zero-order chi connectivity index (χ0) is 19.5. The highest BCUT2D eigenvalue weighted by molar-refractivity contribution is 7.16. The van der Waals surface area contributed by atoms with E-state index in [1.165, 1.54) is 0 Å². The van der Waals surface area contributed by atoms with Crippen molar-refractivity contribution in [3.05, 3.63) is 46.5 Å².